The van der Waals surface area contributed by atoms with Crippen LogP contribution in [0.1, 0.15) is 59.3 Å². The summed E-state index contributed by atoms with van der Waals surface area (Å²) in [5, 5.41) is 3.67. The highest BCUT2D eigenvalue weighted by molar-refractivity contribution is 4.76. The lowest BCUT2D eigenvalue weighted by atomic mass is 9.89. The first-order valence-corrected chi connectivity index (χ1v) is 6.47. The molecule has 2 atom stereocenters. The Balaban J connectivity index is 2.26. The van der Waals surface area contributed by atoms with Crippen LogP contribution in [-0.4, -0.2) is 12.6 Å². The van der Waals surface area contributed by atoms with Crippen molar-refractivity contribution in [2.24, 2.45) is 11.8 Å². The minimum atomic E-state index is 0.818. The third-order valence-electron chi connectivity index (χ3n) is 3.64. The minimum absolute atomic E-state index is 0.818. The molecule has 1 nitrogen and oxygen atoms in total. The summed E-state index contributed by atoms with van der Waals surface area (Å²) in [5.41, 5.74) is 0. The minimum Gasteiger partial charge on any atom is -0.314 e. The molecule has 1 aliphatic carbocycles. The van der Waals surface area contributed by atoms with E-state index in [-0.39, 0.29) is 0 Å². The molecule has 1 heteroatoms. The SMILES string of the molecule is CCCNC1CCCC(C(C)C)CC1. The maximum absolute atomic E-state index is 3.67. The number of hydrogen-bond donors (Lipinski definition) is 1. The van der Waals surface area contributed by atoms with E-state index in [2.05, 4.69) is 26.1 Å². The number of hydrogen-bond acceptors (Lipinski definition) is 1. The Bertz CT molecular complexity index is 142. The zero-order valence-electron chi connectivity index (χ0n) is 10.2. The second-order valence-corrected chi connectivity index (χ2v) is 5.16. The first kappa shape index (κ1) is 12.0. The Morgan fingerprint density at radius 3 is 2.57 bits per heavy atom. The van der Waals surface area contributed by atoms with E-state index >= 15 is 0 Å². The summed E-state index contributed by atoms with van der Waals surface area (Å²) < 4.78 is 0. The normalized spacial score (nSPS) is 29.1. The summed E-state index contributed by atoms with van der Waals surface area (Å²) in [6.07, 6.45) is 8.42. The van der Waals surface area contributed by atoms with E-state index in [1.54, 1.807) is 0 Å². The molecule has 14 heavy (non-hydrogen) atoms. The van der Waals surface area contributed by atoms with Crippen LogP contribution in [0.3, 0.4) is 0 Å². The molecule has 0 amide bonds. The van der Waals surface area contributed by atoms with E-state index in [4.69, 9.17) is 0 Å². The average molecular weight is 197 g/mol. The summed E-state index contributed by atoms with van der Waals surface area (Å²) in [6.45, 7) is 8.21. The molecule has 1 aliphatic rings. The van der Waals surface area contributed by atoms with Crippen molar-refractivity contribution in [2.45, 2.75) is 65.3 Å². The molecule has 2 unspecified atom stereocenters. The van der Waals surface area contributed by atoms with Gasteiger partial charge in [-0.2, -0.15) is 0 Å². The lowest BCUT2D eigenvalue weighted by molar-refractivity contribution is 0.338. The van der Waals surface area contributed by atoms with Crippen LogP contribution < -0.4 is 5.32 Å². The van der Waals surface area contributed by atoms with Crippen molar-refractivity contribution < 1.29 is 0 Å². The zero-order chi connectivity index (χ0) is 10.4. The molecule has 0 saturated heterocycles. The average Bonchev–Trinajstić information content (AvgIpc) is 2.39. The van der Waals surface area contributed by atoms with Gasteiger partial charge in [-0.15, -0.1) is 0 Å². The highest BCUT2D eigenvalue weighted by atomic mass is 14.9. The van der Waals surface area contributed by atoms with Crippen molar-refractivity contribution in [3.05, 3.63) is 0 Å². The van der Waals surface area contributed by atoms with E-state index in [1.165, 1.54) is 45.1 Å². The van der Waals surface area contributed by atoms with Gasteiger partial charge in [0.25, 0.3) is 0 Å². The standard InChI is InChI=1S/C13H27N/c1-4-10-14-13-7-5-6-12(8-9-13)11(2)3/h11-14H,4-10H2,1-3H3. The van der Waals surface area contributed by atoms with Gasteiger partial charge in [-0.25, -0.2) is 0 Å². The second-order valence-electron chi connectivity index (χ2n) is 5.16. The molecule has 0 aromatic rings. The quantitative estimate of drug-likeness (QED) is 0.679. The summed E-state index contributed by atoms with van der Waals surface area (Å²) in [5.74, 6) is 1.88. The molecule has 0 radical (unpaired) electrons. The van der Waals surface area contributed by atoms with E-state index < -0.39 is 0 Å². The Labute approximate surface area is 89.7 Å². The maximum Gasteiger partial charge on any atom is 0.00671 e. The van der Waals surface area contributed by atoms with E-state index in [1.807, 2.05) is 0 Å². The summed E-state index contributed by atoms with van der Waals surface area (Å²) in [4.78, 5) is 0. The molecule has 0 heterocycles. The van der Waals surface area contributed by atoms with Crippen LogP contribution in [0.15, 0.2) is 0 Å². The zero-order valence-corrected chi connectivity index (χ0v) is 10.2. The Morgan fingerprint density at radius 2 is 1.93 bits per heavy atom. The van der Waals surface area contributed by atoms with Crippen LogP contribution in [0, 0.1) is 11.8 Å². The molecule has 1 fully saturated rings. The fourth-order valence-corrected chi connectivity index (χ4v) is 2.55. The van der Waals surface area contributed by atoms with Crippen LogP contribution >= 0.6 is 0 Å². The van der Waals surface area contributed by atoms with Gasteiger partial charge < -0.3 is 5.32 Å². The highest BCUT2D eigenvalue weighted by Gasteiger charge is 2.20. The van der Waals surface area contributed by atoms with E-state index in [0.29, 0.717) is 0 Å². The fraction of sp³-hybridized carbons (Fsp3) is 1.00. The number of rotatable bonds is 4. The van der Waals surface area contributed by atoms with Crippen molar-refractivity contribution in [1.29, 1.82) is 0 Å². The molecule has 0 aromatic carbocycles. The Morgan fingerprint density at radius 1 is 1.14 bits per heavy atom. The summed E-state index contributed by atoms with van der Waals surface area (Å²) in [7, 11) is 0. The molecular formula is C13H27N. The van der Waals surface area contributed by atoms with Gasteiger partial charge in [-0.05, 0) is 44.1 Å². The van der Waals surface area contributed by atoms with Gasteiger partial charge in [0.15, 0.2) is 0 Å². The molecule has 1 rings (SSSR count). The van der Waals surface area contributed by atoms with Gasteiger partial charge in [0.2, 0.25) is 0 Å². The number of nitrogens with one attached hydrogen (secondary N) is 1. The van der Waals surface area contributed by atoms with Gasteiger partial charge in [-0.1, -0.05) is 33.6 Å². The van der Waals surface area contributed by atoms with Crippen LogP contribution in [0.2, 0.25) is 0 Å². The molecular weight excluding hydrogens is 170 g/mol. The monoisotopic (exact) mass is 197 g/mol. The van der Waals surface area contributed by atoms with Gasteiger partial charge >= 0.3 is 0 Å². The van der Waals surface area contributed by atoms with Crippen LogP contribution in [0.25, 0.3) is 0 Å². The third-order valence-corrected chi connectivity index (χ3v) is 3.64. The first-order valence-electron chi connectivity index (χ1n) is 6.47. The van der Waals surface area contributed by atoms with Gasteiger partial charge in [0.05, 0.1) is 0 Å². The van der Waals surface area contributed by atoms with Gasteiger partial charge in [-0.3, -0.25) is 0 Å². The van der Waals surface area contributed by atoms with Crippen LogP contribution in [-0.2, 0) is 0 Å². The van der Waals surface area contributed by atoms with Crippen LogP contribution in [0.4, 0.5) is 0 Å². The van der Waals surface area contributed by atoms with Crippen molar-refractivity contribution in [3.8, 4) is 0 Å². The molecule has 0 aromatic heterocycles. The summed E-state index contributed by atoms with van der Waals surface area (Å²) >= 11 is 0. The van der Waals surface area contributed by atoms with Gasteiger partial charge in [0, 0.05) is 6.04 Å². The molecule has 0 aliphatic heterocycles. The Kier molecular flexibility index (Phi) is 5.54. The highest BCUT2D eigenvalue weighted by Crippen LogP contribution is 2.28. The van der Waals surface area contributed by atoms with E-state index in [0.717, 1.165) is 17.9 Å². The molecule has 84 valence electrons. The van der Waals surface area contributed by atoms with E-state index in [9.17, 15) is 0 Å². The molecule has 0 bridgehead atoms. The maximum atomic E-state index is 3.67. The molecule has 1 N–H and O–H groups in total. The third kappa shape index (κ3) is 4.00. The van der Waals surface area contributed by atoms with Crippen molar-refractivity contribution in [1.82, 2.24) is 5.32 Å². The first-order chi connectivity index (χ1) is 6.74. The Hall–Kier alpha value is -0.0400. The van der Waals surface area contributed by atoms with Crippen molar-refractivity contribution >= 4 is 0 Å². The van der Waals surface area contributed by atoms with Gasteiger partial charge in [0.1, 0.15) is 0 Å². The molecule has 1 saturated carbocycles. The molecule has 0 spiro atoms. The lowest BCUT2D eigenvalue weighted by Gasteiger charge is -2.18. The van der Waals surface area contributed by atoms with Crippen molar-refractivity contribution in [3.63, 3.8) is 0 Å². The second kappa shape index (κ2) is 6.44. The van der Waals surface area contributed by atoms with Crippen LogP contribution in [0.5, 0.6) is 0 Å². The lowest BCUT2D eigenvalue weighted by Crippen LogP contribution is -2.29. The largest absolute Gasteiger partial charge is 0.314 e. The topological polar surface area (TPSA) is 12.0 Å². The smallest absolute Gasteiger partial charge is 0.00671 e. The fourth-order valence-electron chi connectivity index (χ4n) is 2.55. The van der Waals surface area contributed by atoms with Crippen molar-refractivity contribution in [2.75, 3.05) is 6.54 Å². The summed E-state index contributed by atoms with van der Waals surface area (Å²) in [6, 6.07) is 0.818. The predicted molar refractivity (Wildman–Crippen MR) is 63.5 cm³/mol. The predicted octanol–water partition coefficient (Wildman–Crippen LogP) is 3.59.